The highest BCUT2D eigenvalue weighted by Crippen LogP contribution is 2.34. The Labute approximate surface area is 272 Å². The van der Waals surface area contributed by atoms with Crippen molar-refractivity contribution in [1.29, 1.82) is 0 Å². The molecular weight excluding hydrogens is 617 g/mol. The van der Waals surface area contributed by atoms with Crippen molar-refractivity contribution in [3.05, 3.63) is 66.0 Å². The summed E-state index contributed by atoms with van der Waals surface area (Å²) in [6.45, 7) is 5.44. The number of carbonyl (C=O) groups is 5. The molecule has 1 N–H and O–H groups in total. The number of esters is 2. The van der Waals surface area contributed by atoms with Crippen LogP contribution in [-0.2, 0) is 39.9 Å². The number of methoxy groups -OCH3 is 2. The van der Waals surface area contributed by atoms with Gasteiger partial charge in [-0.1, -0.05) is 18.7 Å². The summed E-state index contributed by atoms with van der Waals surface area (Å²) in [5.41, 5.74) is -0.369. The molecule has 47 heavy (non-hydrogen) atoms. The second-order valence-electron chi connectivity index (χ2n) is 11.6. The van der Waals surface area contributed by atoms with Crippen LogP contribution in [0.25, 0.3) is 0 Å². The smallest absolute Gasteiger partial charge is 0.341 e. The molecule has 254 valence electrons. The molecule has 12 nitrogen and oxygen atoms in total. The van der Waals surface area contributed by atoms with E-state index in [1.807, 2.05) is 0 Å². The number of Topliss-reactive ketones (excluding diaryl/α,β-unsaturated/α-hetero) is 1. The highest BCUT2D eigenvalue weighted by atomic mass is 19.1. The van der Waals surface area contributed by atoms with Crippen LogP contribution in [0.2, 0.25) is 0 Å². The minimum Gasteiger partial charge on any atom is -0.493 e. The highest BCUT2D eigenvalue weighted by Gasteiger charge is 2.42. The number of benzene rings is 2. The highest BCUT2D eigenvalue weighted by molar-refractivity contribution is 6.38. The molecule has 1 saturated heterocycles. The summed E-state index contributed by atoms with van der Waals surface area (Å²) in [5.74, 6) is -4.67. The van der Waals surface area contributed by atoms with Gasteiger partial charge in [-0.3, -0.25) is 9.59 Å². The average Bonchev–Trinajstić information content (AvgIpc) is 3.07. The molecule has 2 aromatic carbocycles. The van der Waals surface area contributed by atoms with E-state index in [0.29, 0.717) is 24.0 Å². The minimum atomic E-state index is -1.37. The van der Waals surface area contributed by atoms with Crippen molar-refractivity contribution in [2.24, 2.45) is 5.41 Å². The number of hydrogen-bond donors (Lipinski definition) is 1. The molecule has 0 unspecified atom stereocenters. The standard InChI is InChI=1S/C34H40FNO11/c1-6-29(39)46-20-34(2,3)31(40)32(41)36-15-8-7-12-25(36)33(42)47-26(22-10-9-11-23(18-22)45-19-28(37)38)14-13-21-16-24(35)30(44-5)27(17-21)43-4/h6,9-11,16-18,25-26H,1,7-8,12-15,19-20H2,2-5H3,(H,37,38)/t25-,26+/m0/s1. The predicted octanol–water partition coefficient (Wildman–Crippen LogP) is 4.23. The maximum Gasteiger partial charge on any atom is 0.341 e. The zero-order chi connectivity index (χ0) is 34.7. The Morgan fingerprint density at radius 3 is 2.51 bits per heavy atom. The second-order valence-corrected chi connectivity index (χ2v) is 11.6. The van der Waals surface area contributed by atoms with E-state index in [0.717, 1.165) is 6.08 Å². The molecule has 2 atom stereocenters. The SMILES string of the molecule is C=CC(=O)OCC(C)(C)C(=O)C(=O)N1CCCC[C@H]1C(=O)O[C@H](CCc1cc(F)c(OC)c(OC)c1)c1cccc(OCC(=O)O)c1. The van der Waals surface area contributed by atoms with Crippen LogP contribution in [0.15, 0.2) is 49.1 Å². The number of aliphatic carboxylic acids is 1. The molecule has 1 aliphatic rings. The monoisotopic (exact) mass is 657 g/mol. The van der Waals surface area contributed by atoms with Crippen molar-refractivity contribution >= 4 is 29.6 Å². The van der Waals surface area contributed by atoms with Gasteiger partial charge in [0.15, 0.2) is 23.9 Å². The van der Waals surface area contributed by atoms with Crippen LogP contribution >= 0.6 is 0 Å². The van der Waals surface area contributed by atoms with Gasteiger partial charge in [0.2, 0.25) is 5.78 Å². The lowest BCUT2D eigenvalue weighted by atomic mass is 9.87. The number of piperidine rings is 1. The predicted molar refractivity (Wildman–Crippen MR) is 166 cm³/mol. The van der Waals surface area contributed by atoms with Crippen LogP contribution in [0.4, 0.5) is 4.39 Å². The molecule has 0 spiro atoms. The first-order valence-corrected chi connectivity index (χ1v) is 15.0. The van der Waals surface area contributed by atoms with E-state index < -0.39 is 59.6 Å². The molecule has 1 amide bonds. The first-order valence-electron chi connectivity index (χ1n) is 15.0. The molecule has 1 heterocycles. The second kappa shape index (κ2) is 16.6. The number of carbonyl (C=O) groups excluding carboxylic acids is 4. The number of amides is 1. The van der Waals surface area contributed by atoms with Gasteiger partial charge in [-0.15, -0.1) is 0 Å². The first kappa shape index (κ1) is 36.5. The number of likely N-dealkylation sites (tertiary alicyclic amines) is 1. The Morgan fingerprint density at radius 2 is 1.85 bits per heavy atom. The summed E-state index contributed by atoms with van der Waals surface area (Å²) in [7, 11) is 2.70. The first-order chi connectivity index (χ1) is 22.3. The lowest BCUT2D eigenvalue weighted by Gasteiger charge is -2.36. The molecular formula is C34H40FNO11. The Hall–Kier alpha value is -4.94. The number of hydrogen-bond acceptors (Lipinski definition) is 10. The fraction of sp³-hybridized carbons (Fsp3) is 0.441. The van der Waals surface area contributed by atoms with Crippen LogP contribution in [0.3, 0.4) is 0 Å². The fourth-order valence-electron chi connectivity index (χ4n) is 5.09. The van der Waals surface area contributed by atoms with Gasteiger partial charge >= 0.3 is 17.9 Å². The Kier molecular flexibility index (Phi) is 12.9. The number of ether oxygens (including phenoxy) is 5. The number of nitrogens with zero attached hydrogens (tertiary/aromatic N) is 1. The van der Waals surface area contributed by atoms with Gasteiger partial charge in [0.1, 0.15) is 24.5 Å². The topological polar surface area (TPSA) is 155 Å². The van der Waals surface area contributed by atoms with Crippen molar-refractivity contribution in [1.82, 2.24) is 4.90 Å². The van der Waals surface area contributed by atoms with Crippen molar-refractivity contribution in [3.63, 3.8) is 0 Å². The minimum absolute atomic E-state index is 0.0545. The van der Waals surface area contributed by atoms with E-state index in [4.69, 9.17) is 28.8 Å². The summed E-state index contributed by atoms with van der Waals surface area (Å²) >= 11 is 0. The summed E-state index contributed by atoms with van der Waals surface area (Å²) in [5, 5.41) is 9.03. The summed E-state index contributed by atoms with van der Waals surface area (Å²) in [4.78, 5) is 64.2. The van der Waals surface area contributed by atoms with Gasteiger partial charge < -0.3 is 33.7 Å². The van der Waals surface area contributed by atoms with E-state index in [2.05, 4.69) is 6.58 Å². The number of rotatable bonds is 16. The number of halogens is 1. The third kappa shape index (κ3) is 9.77. The van der Waals surface area contributed by atoms with Crippen LogP contribution in [0.1, 0.15) is 56.8 Å². The maximum atomic E-state index is 14.7. The van der Waals surface area contributed by atoms with Gasteiger partial charge in [0.25, 0.3) is 5.91 Å². The van der Waals surface area contributed by atoms with Crippen molar-refractivity contribution in [3.8, 4) is 17.2 Å². The molecule has 1 aliphatic heterocycles. The number of aryl methyl sites for hydroxylation is 1. The zero-order valence-corrected chi connectivity index (χ0v) is 26.9. The van der Waals surface area contributed by atoms with E-state index in [1.54, 1.807) is 24.3 Å². The van der Waals surface area contributed by atoms with Gasteiger partial charge in [-0.25, -0.2) is 18.8 Å². The van der Waals surface area contributed by atoms with E-state index in [-0.39, 0.29) is 49.7 Å². The summed E-state index contributed by atoms with van der Waals surface area (Å²) in [6, 6.07) is 8.19. The van der Waals surface area contributed by atoms with Gasteiger partial charge in [0.05, 0.1) is 19.6 Å². The quantitative estimate of drug-likeness (QED) is 0.157. The number of carboxylic acid groups (broad SMARTS) is 1. The molecule has 0 radical (unpaired) electrons. The van der Waals surface area contributed by atoms with Gasteiger partial charge in [-0.05, 0) is 81.3 Å². The maximum absolute atomic E-state index is 14.7. The third-order valence-electron chi connectivity index (χ3n) is 7.63. The fourth-order valence-corrected chi connectivity index (χ4v) is 5.09. The van der Waals surface area contributed by atoms with E-state index in [1.165, 1.54) is 45.1 Å². The van der Waals surface area contributed by atoms with Crippen molar-refractivity contribution < 1.29 is 57.2 Å². The van der Waals surface area contributed by atoms with Crippen molar-refractivity contribution in [2.75, 3.05) is 34.0 Å². The number of carboxylic acids is 1. The lowest BCUT2D eigenvalue weighted by molar-refractivity contribution is -0.165. The molecule has 2 aromatic rings. The van der Waals surface area contributed by atoms with E-state index in [9.17, 15) is 28.4 Å². The van der Waals surface area contributed by atoms with Gasteiger partial charge in [0, 0.05) is 12.6 Å². The molecule has 0 saturated carbocycles. The zero-order valence-electron chi connectivity index (χ0n) is 26.9. The molecule has 13 heteroatoms. The molecule has 0 aliphatic carbocycles. The van der Waals surface area contributed by atoms with Crippen LogP contribution in [-0.4, -0.2) is 79.6 Å². The van der Waals surface area contributed by atoms with Crippen molar-refractivity contribution in [2.45, 2.75) is 58.1 Å². The summed E-state index contributed by atoms with van der Waals surface area (Å²) < 4.78 is 41.4. The molecule has 0 aromatic heterocycles. The Morgan fingerprint density at radius 1 is 1.11 bits per heavy atom. The third-order valence-corrected chi connectivity index (χ3v) is 7.63. The van der Waals surface area contributed by atoms with Crippen LogP contribution in [0, 0.1) is 11.2 Å². The van der Waals surface area contributed by atoms with Gasteiger partial charge in [-0.2, -0.15) is 0 Å². The Bertz CT molecular complexity index is 1490. The lowest BCUT2D eigenvalue weighted by Crippen LogP contribution is -2.53. The van der Waals surface area contributed by atoms with Crippen LogP contribution in [0.5, 0.6) is 17.2 Å². The number of ketones is 1. The average molecular weight is 658 g/mol. The Balaban J connectivity index is 1.87. The largest absolute Gasteiger partial charge is 0.493 e. The molecule has 1 fully saturated rings. The van der Waals surface area contributed by atoms with Crippen LogP contribution < -0.4 is 14.2 Å². The molecule has 3 rings (SSSR count). The normalized spacial score (nSPS) is 15.2. The summed E-state index contributed by atoms with van der Waals surface area (Å²) in [6.07, 6.45) is 1.81. The van der Waals surface area contributed by atoms with E-state index >= 15 is 0 Å². The molecule has 0 bridgehead atoms.